The van der Waals surface area contributed by atoms with Crippen molar-refractivity contribution in [3.8, 4) is 0 Å². The van der Waals surface area contributed by atoms with Crippen molar-refractivity contribution in [2.24, 2.45) is 5.92 Å². The first-order chi connectivity index (χ1) is 11.7. The molecular formula is C20H33BO4. The summed E-state index contributed by atoms with van der Waals surface area (Å²) in [4.78, 5) is 11.9. The predicted molar refractivity (Wildman–Crippen MR) is 101 cm³/mol. The maximum atomic E-state index is 11.9. The summed E-state index contributed by atoms with van der Waals surface area (Å²) in [6.45, 7) is 10.3. The highest BCUT2D eigenvalue weighted by Gasteiger charge is 2.50. The summed E-state index contributed by atoms with van der Waals surface area (Å²) >= 11 is 0. The van der Waals surface area contributed by atoms with E-state index in [1.54, 1.807) is 6.08 Å². The predicted octanol–water partition coefficient (Wildman–Crippen LogP) is 4.70. The zero-order valence-corrected chi connectivity index (χ0v) is 16.4. The van der Waals surface area contributed by atoms with E-state index in [-0.39, 0.29) is 36.3 Å². The Morgan fingerprint density at radius 3 is 2.32 bits per heavy atom. The highest BCUT2D eigenvalue weighted by Crippen LogP contribution is 2.37. The SMILES string of the molecule is CC(/C=C\CB1OC(C)(C)C(C)(C)O1)/C=C/C(=O)OC1CCCCC1. The van der Waals surface area contributed by atoms with E-state index in [1.165, 1.54) is 19.3 Å². The van der Waals surface area contributed by atoms with Gasteiger partial charge < -0.3 is 14.0 Å². The molecule has 5 heteroatoms. The zero-order chi connectivity index (χ0) is 18.5. The van der Waals surface area contributed by atoms with E-state index < -0.39 is 0 Å². The molecule has 1 aliphatic carbocycles. The van der Waals surface area contributed by atoms with Crippen molar-refractivity contribution in [3.05, 3.63) is 24.3 Å². The molecule has 0 spiro atoms. The number of carbonyl (C=O) groups is 1. The van der Waals surface area contributed by atoms with Crippen LogP contribution in [-0.2, 0) is 18.8 Å². The fourth-order valence-corrected chi connectivity index (χ4v) is 3.15. The summed E-state index contributed by atoms with van der Waals surface area (Å²) in [5, 5.41) is 0. The van der Waals surface area contributed by atoms with E-state index >= 15 is 0 Å². The summed E-state index contributed by atoms with van der Waals surface area (Å²) in [5.74, 6) is -0.0561. The molecule has 4 nitrogen and oxygen atoms in total. The van der Waals surface area contributed by atoms with Gasteiger partial charge in [-0.3, -0.25) is 0 Å². The van der Waals surface area contributed by atoms with Crippen LogP contribution in [0, 0.1) is 5.92 Å². The van der Waals surface area contributed by atoms with Crippen LogP contribution in [0.15, 0.2) is 24.3 Å². The quantitative estimate of drug-likeness (QED) is 0.302. The van der Waals surface area contributed by atoms with Crippen molar-refractivity contribution < 1.29 is 18.8 Å². The number of allylic oxidation sites excluding steroid dienone is 3. The third-order valence-electron chi connectivity index (χ3n) is 5.44. The molecule has 0 N–H and O–H groups in total. The fourth-order valence-electron chi connectivity index (χ4n) is 3.15. The second kappa shape index (κ2) is 8.55. The Morgan fingerprint density at radius 2 is 1.72 bits per heavy atom. The summed E-state index contributed by atoms with van der Waals surface area (Å²) in [5.41, 5.74) is -0.584. The average molecular weight is 348 g/mol. The summed E-state index contributed by atoms with van der Waals surface area (Å²) < 4.78 is 17.4. The first-order valence-electron chi connectivity index (χ1n) is 9.61. The second-order valence-corrected chi connectivity index (χ2v) is 8.26. The molecule has 2 fully saturated rings. The van der Waals surface area contributed by atoms with E-state index in [0.717, 1.165) is 12.8 Å². The molecule has 25 heavy (non-hydrogen) atoms. The lowest BCUT2D eigenvalue weighted by Crippen LogP contribution is -2.41. The summed E-state index contributed by atoms with van der Waals surface area (Å²) in [6.07, 6.45) is 14.0. The smallest absolute Gasteiger partial charge is 0.459 e. The number of hydrogen-bond acceptors (Lipinski definition) is 4. The van der Waals surface area contributed by atoms with Crippen LogP contribution in [0.1, 0.15) is 66.7 Å². The van der Waals surface area contributed by atoms with Gasteiger partial charge in [-0.15, -0.1) is 0 Å². The van der Waals surface area contributed by atoms with Crippen LogP contribution < -0.4 is 0 Å². The number of ether oxygens (including phenoxy) is 1. The minimum absolute atomic E-state index is 0.111. The molecule has 0 radical (unpaired) electrons. The van der Waals surface area contributed by atoms with Gasteiger partial charge in [0.1, 0.15) is 6.10 Å². The number of rotatable bonds is 6. The molecule has 1 atom stereocenters. The number of carbonyl (C=O) groups excluding carboxylic acids is 1. The van der Waals surface area contributed by atoms with Crippen molar-refractivity contribution in [1.29, 1.82) is 0 Å². The zero-order valence-electron chi connectivity index (χ0n) is 16.4. The van der Waals surface area contributed by atoms with Crippen LogP contribution in [0.4, 0.5) is 0 Å². The van der Waals surface area contributed by atoms with E-state index in [0.29, 0.717) is 6.32 Å². The lowest BCUT2D eigenvalue weighted by atomic mass is 9.84. The Kier molecular flexibility index (Phi) is 6.92. The molecular weight excluding hydrogens is 315 g/mol. The van der Waals surface area contributed by atoms with Crippen molar-refractivity contribution in [2.75, 3.05) is 0 Å². The third kappa shape index (κ3) is 6.00. The molecule has 0 amide bonds. The molecule has 1 aliphatic heterocycles. The molecule has 0 aromatic rings. The van der Waals surface area contributed by atoms with Gasteiger partial charge >= 0.3 is 13.1 Å². The monoisotopic (exact) mass is 348 g/mol. The van der Waals surface area contributed by atoms with Crippen molar-refractivity contribution >= 4 is 13.1 Å². The molecule has 2 rings (SSSR count). The molecule has 140 valence electrons. The van der Waals surface area contributed by atoms with Gasteiger partial charge in [-0.05, 0) is 59.3 Å². The van der Waals surface area contributed by atoms with Gasteiger partial charge in [-0.1, -0.05) is 31.6 Å². The van der Waals surface area contributed by atoms with Gasteiger partial charge in [0.15, 0.2) is 0 Å². The normalized spacial score (nSPS) is 24.9. The maximum Gasteiger partial charge on any atom is 0.461 e. The third-order valence-corrected chi connectivity index (χ3v) is 5.44. The lowest BCUT2D eigenvalue weighted by molar-refractivity contribution is -0.144. The molecule has 1 saturated heterocycles. The lowest BCUT2D eigenvalue weighted by Gasteiger charge is -2.32. The van der Waals surface area contributed by atoms with Crippen molar-refractivity contribution in [1.82, 2.24) is 0 Å². The average Bonchev–Trinajstić information content (AvgIpc) is 2.73. The first-order valence-corrected chi connectivity index (χ1v) is 9.61. The Balaban J connectivity index is 1.71. The molecule has 1 heterocycles. The number of hydrogen-bond donors (Lipinski definition) is 0. The fraction of sp³-hybridized carbons (Fsp3) is 0.750. The molecule has 2 aliphatic rings. The molecule has 0 aromatic carbocycles. The van der Waals surface area contributed by atoms with Gasteiger partial charge in [-0.25, -0.2) is 4.79 Å². The largest absolute Gasteiger partial charge is 0.461 e. The minimum atomic E-state index is -0.292. The van der Waals surface area contributed by atoms with Gasteiger partial charge in [-0.2, -0.15) is 0 Å². The van der Waals surface area contributed by atoms with Gasteiger partial charge in [0.2, 0.25) is 0 Å². The Labute approximate surface area is 153 Å². The van der Waals surface area contributed by atoms with Crippen molar-refractivity contribution in [3.63, 3.8) is 0 Å². The Morgan fingerprint density at radius 1 is 1.12 bits per heavy atom. The summed E-state index contributed by atoms with van der Waals surface area (Å²) in [6, 6.07) is 0. The molecule has 0 aromatic heterocycles. The molecule has 1 unspecified atom stereocenters. The Bertz CT molecular complexity index is 488. The highest BCUT2D eigenvalue weighted by atomic mass is 16.7. The van der Waals surface area contributed by atoms with E-state index in [9.17, 15) is 4.79 Å². The van der Waals surface area contributed by atoms with Crippen LogP contribution in [0.2, 0.25) is 6.32 Å². The minimum Gasteiger partial charge on any atom is -0.459 e. The van der Waals surface area contributed by atoms with Gasteiger partial charge in [0.25, 0.3) is 0 Å². The van der Waals surface area contributed by atoms with Crippen LogP contribution in [-0.4, -0.2) is 30.4 Å². The van der Waals surface area contributed by atoms with E-state index in [1.807, 2.05) is 13.0 Å². The van der Waals surface area contributed by atoms with Crippen LogP contribution >= 0.6 is 0 Å². The topological polar surface area (TPSA) is 44.8 Å². The van der Waals surface area contributed by atoms with Crippen molar-refractivity contribution in [2.45, 2.75) is 90.3 Å². The standard InChI is InChI=1S/C20H33BO4/c1-16(13-14-18(22)23-17-11-7-6-8-12-17)10-9-15-21-24-19(2,3)20(4,5)25-21/h9-10,13-14,16-17H,6-8,11-12,15H2,1-5H3/b10-9-,14-13+. The Hall–Kier alpha value is -1.07. The van der Waals surface area contributed by atoms with Crippen LogP contribution in [0.25, 0.3) is 0 Å². The second-order valence-electron chi connectivity index (χ2n) is 8.26. The van der Waals surface area contributed by atoms with E-state index in [4.69, 9.17) is 14.0 Å². The van der Waals surface area contributed by atoms with Gasteiger partial charge in [0.05, 0.1) is 11.2 Å². The first kappa shape index (κ1) is 20.2. The maximum absolute atomic E-state index is 11.9. The molecule has 1 saturated carbocycles. The number of esters is 1. The summed E-state index contributed by atoms with van der Waals surface area (Å²) in [7, 11) is -0.214. The van der Waals surface area contributed by atoms with E-state index in [2.05, 4.69) is 39.8 Å². The van der Waals surface area contributed by atoms with Crippen LogP contribution in [0.5, 0.6) is 0 Å². The van der Waals surface area contributed by atoms with Crippen LogP contribution in [0.3, 0.4) is 0 Å². The highest BCUT2D eigenvalue weighted by molar-refractivity contribution is 6.46. The molecule has 0 bridgehead atoms. The van der Waals surface area contributed by atoms with Gasteiger partial charge in [0, 0.05) is 12.4 Å².